The maximum atomic E-state index is 5.09. The van der Waals surface area contributed by atoms with Gasteiger partial charge in [-0.25, -0.2) is 0 Å². The van der Waals surface area contributed by atoms with E-state index in [1.54, 1.807) is 0 Å². The summed E-state index contributed by atoms with van der Waals surface area (Å²) in [7, 11) is 0. The summed E-state index contributed by atoms with van der Waals surface area (Å²) in [5.74, 6) is 1.82. The van der Waals surface area contributed by atoms with Gasteiger partial charge < -0.3 is 4.52 Å². The summed E-state index contributed by atoms with van der Waals surface area (Å²) in [6.45, 7) is 10.3. The number of nitrogens with zero attached hydrogens (tertiary/aromatic N) is 2. The molecular formula is C9H18N2O. The third kappa shape index (κ3) is 1.84. The van der Waals surface area contributed by atoms with E-state index in [1.165, 1.54) is 0 Å². The SMILES string of the molecule is CC(C)c1nc(C(C)(C)C)no1.[2HH]. The lowest BCUT2D eigenvalue weighted by molar-refractivity contribution is 0.352. The average Bonchev–Trinajstić information content (AvgIpc) is 2.30. The average molecular weight is 171 g/mol. The summed E-state index contributed by atoms with van der Waals surface area (Å²) in [6.07, 6.45) is 0. The number of aromatic nitrogens is 2. The molecule has 0 aliphatic rings. The first-order valence-electron chi connectivity index (χ1n) is 4.25. The summed E-state index contributed by atoms with van der Waals surface area (Å²) >= 11 is 0. The monoisotopic (exact) mass is 171 g/mol. The molecule has 0 bridgehead atoms. The summed E-state index contributed by atoms with van der Waals surface area (Å²) in [5.41, 5.74) is -0.0172. The number of hydrogen-bond acceptors (Lipinski definition) is 3. The van der Waals surface area contributed by atoms with E-state index in [4.69, 9.17) is 4.52 Å². The van der Waals surface area contributed by atoms with Crippen LogP contribution in [0.4, 0.5) is 0 Å². The molecular weight excluding hydrogens is 152 g/mol. The van der Waals surface area contributed by atoms with Crippen LogP contribution in [0.1, 0.15) is 53.7 Å². The Morgan fingerprint density at radius 2 is 1.92 bits per heavy atom. The Bertz CT molecular complexity index is 263. The van der Waals surface area contributed by atoms with Gasteiger partial charge in [0.1, 0.15) is 0 Å². The van der Waals surface area contributed by atoms with E-state index >= 15 is 0 Å². The molecule has 0 spiro atoms. The number of rotatable bonds is 1. The fourth-order valence-corrected chi connectivity index (χ4v) is 0.774. The molecule has 1 heterocycles. The fraction of sp³-hybridized carbons (Fsp3) is 0.778. The Balaban J connectivity index is 0.00000144. The Morgan fingerprint density at radius 3 is 2.17 bits per heavy atom. The minimum atomic E-state index is -0.0172. The Labute approximate surface area is 74.7 Å². The molecule has 0 fully saturated rings. The standard InChI is InChI=1S/C9H16N2O.H2/c1-6(2)7-10-8(11-12-7)9(3,4)5;/h6H,1-5H3;1H/i;1+1. The normalized spacial score (nSPS) is 12.5. The van der Waals surface area contributed by atoms with Crippen LogP contribution in [0.25, 0.3) is 0 Å². The van der Waals surface area contributed by atoms with Crippen LogP contribution < -0.4 is 0 Å². The second-order valence-electron chi connectivity index (χ2n) is 4.36. The van der Waals surface area contributed by atoms with Crippen LogP contribution in [0.2, 0.25) is 0 Å². The van der Waals surface area contributed by atoms with Gasteiger partial charge in [-0.3, -0.25) is 0 Å². The highest BCUT2D eigenvalue weighted by Gasteiger charge is 2.21. The summed E-state index contributed by atoms with van der Waals surface area (Å²) < 4.78 is 5.09. The molecule has 1 aromatic heterocycles. The maximum Gasteiger partial charge on any atom is 0.229 e. The molecule has 3 nitrogen and oxygen atoms in total. The highest BCUT2D eigenvalue weighted by molar-refractivity contribution is 5.01. The zero-order valence-electron chi connectivity index (χ0n) is 8.38. The van der Waals surface area contributed by atoms with Gasteiger partial charge in [-0.1, -0.05) is 39.8 Å². The minimum absolute atomic E-state index is 0. The van der Waals surface area contributed by atoms with Gasteiger partial charge in [-0.2, -0.15) is 4.98 Å². The molecule has 0 saturated heterocycles. The van der Waals surface area contributed by atoms with Crippen molar-refractivity contribution in [2.45, 2.75) is 46.0 Å². The lowest BCUT2D eigenvalue weighted by Crippen LogP contribution is -2.13. The van der Waals surface area contributed by atoms with Crippen LogP contribution >= 0.6 is 0 Å². The van der Waals surface area contributed by atoms with Crippen molar-refractivity contribution in [3.05, 3.63) is 11.7 Å². The van der Waals surface area contributed by atoms with E-state index in [0.717, 1.165) is 11.7 Å². The fourth-order valence-electron chi connectivity index (χ4n) is 0.774. The summed E-state index contributed by atoms with van der Waals surface area (Å²) in [4.78, 5) is 4.30. The molecule has 0 aromatic carbocycles. The molecule has 0 atom stereocenters. The molecule has 0 N–H and O–H groups in total. The maximum absolute atomic E-state index is 5.09. The largest absolute Gasteiger partial charge is 0.339 e. The van der Waals surface area contributed by atoms with Crippen molar-refractivity contribution in [3.8, 4) is 0 Å². The third-order valence-electron chi connectivity index (χ3n) is 1.61. The first-order valence-corrected chi connectivity index (χ1v) is 4.25. The van der Waals surface area contributed by atoms with Crippen molar-refractivity contribution in [2.24, 2.45) is 0 Å². The second-order valence-corrected chi connectivity index (χ2v) is 4.36. The Kier molecular flexibility index (Phi) is 2.22. The van der Waals surface area contributed by atoms with Crippen LogP contribution in [0, 0.1) is 0 Å². The second kappa shape index (κ2) is 2.88. The summed E-state index contributed by atoms with van der Waals surface area (Å²) in [6, 6.07) is 0. The predicted octanol–water partition coefficient (Wildman–Crippen LogP) is 2.74. The van der Waals surface area contributed by atoms with Crippen LogP contribution in [0.3, 0.4) is 0 Å². The topological polar surface area (TPSA) is 38.9 Å². The van der Waals surface area contributed by atoms with Crippen molar-refractivity contribution >= 4 is 0 Å². The Morgan fingerprint density at radius 1 is 1.33 bits per heavy atom. The van der Waals surface area contributed by atoms with E-state index in [-0.39, 0.29) is 6.84 Å². The van der Waals surface area contributed by atoms with Gasteiger partial charge in [-0.15, -0.1) is 0 Å². The highest BCUT2D eigenvalue weighted by atomic mass is 16.5. The van der Waals surface area contributed by atoms with E-state index in [0.29, 0.717) is 5.92 Å². The lowest BCUT2D eigenvalue weighted by atomic mass is 9.96. The Hall–Kier alpha value is -0.860. The van der Waals surface area contributed by atoms with Crippen molar-refractivity contribution in [3.63, 3.8) is 0 Å². The van der Waals surface area contributed by atoms with Crippen LogP contribution in [0.15, 0.2) is 4.52 Å². The van der Waals surface area contributed by atoms with Gasteiger partial charge in [0.2, 0.25) is 5.89 Å². The molecule has 1 aromatic rings. The quantitative estimate of drug-likeness (QED) is 0.652. The number of hydrogen-bond donors (Lipinski definition) is 0. The van der Waals surface area contributed by atoms with Gasteiger partial charge >= 0.3 is 0 Å². The van der Waals surface area contributed by atoms with Crippen molar-refractivity contribution in [1.82, 2.24) is 10.1 Å². The summed E-state index contributed by atoms with van der Waals surface area (Å²) in [5, 5.41) is 3.92. The molecule has 70 valence electrons. The third-order valence-corrected chi connectivity index (χ3v) is 1.61. The molecule has 0 amide bonds. The molecule has 3 heteroatoms. The van der Waals surface area contributed by atoms with Gasteiger partial charge in [0.15, 0.2) is 5.82 Å². The molecule has 12 heavy (non-hydrogen) atoms. The van der Waals surface area contributed by atoms with E-state index < -0.39 is 0 Å². The predicted molar refractivity (Wildman–Crippen MR) is 49.2 cm³/mol. The highest BCUT2D eigenvalue weighted by Crippen LogP contribution is 2.20. The molecule has 0 aliphatic carbocycles. The van der Waals surface area contributed by atoms with E-state index in [9.17, 15) is 0 Å². The van der Waals surface area contributed by atoms with Crippen molar-refractivity contribution in [1.29, 1.82) is 0 Å². The zero-order valence-corrected chi connectivity index (χ0v) is 8.38. The molecule has 0 unspecified atom stereocenters. The van der Waals surface area contributed by atoms with E-state index in [2.05, 4.69) is 30.9 Å². The van der Waals surface area contributed by atoms with Crippen molar-refractivity contribution < 1.29 is 5.95 Å². The lowest BCUT2D eigenvalue weighted by Gasteiger charge is -2.10. The van der Waals surface area contributed by atoms with Crippen LogP contribution in [0.5, 0.6) is 0 Å². The molecule has 0 radical (unpaired) electrons. The zero-order chi connectivity index (χ0) is 9.35. The first kappa shape index (κ1) is 9.23. The van der Waals surface area contributed by atoms with Gasteiger partial charge in [0.05, 0.1) is 0 Å². The van der Waals surface area contributed by atoms with Crippen molar-refractivity contribution in [2.75, 3.05) is 0 Å². The van der Waals surface area contributed by atoms with Crippen LogP contribution in [-0.2, 0) is 5.41 Å². The minimum Gasteiger partial charge on any atom is -0.339 e. The molecule has 0 saturated carbocycles. The van der Waals surface area contributed by atoms with Gasteiger partial charge in [0.25, 0.3) is 0 Å². The van der Waals surface area contributed by atoms with Gasteiger partial charge in [-0.05, 0) is 0 Å². The smallest absolute Gasteiger partial charge is 0.229 e. The van der Waals surface area contributed by atoms with Crippen LogP contribution in [-0.4, -0.2) is 10.1 Å². The molecule has 1 rings (SSSR count). The molecule has 0 aliphatic heterocycles. The first-order chi connectivity index (χ1) is 5.41. The van der Waals surface area contributed by atoms with E-state index in [1.807, 2.05) is 13.8 Å². The van der Waals surface area contributed by atoms with Gasteiger partial charge in [0, 0.05) is 12.8 Å².